The molecule has 0 aromatic heterocycles. The molecule has 0 bridgehead atoms. The maximum atomic E-state index is 12.1. The molecule has 1 unspecified atom stereocenters. The van der Waals surface area contributed by atoms with Crippen LogP contribution in [0.2, 0.25) is 0 Å². The summed E-state index contributed by atoms with van der Waals surface area (Å²) in [6, 6.07) is 21.8. The van der Waals surface area contributed by atoms with Gasteiger partial charge >= 0.3 is 6.16 Å². The Hall–Kier alpha value is -2.08. The Bertz CT molecular complexity index is 892. The number of alkyl halides is 1. The monoisotopic (exact) mass is 416 g/mol. The summed E-state index contributed by atoms with van der Waals surface area (Å²) in [6.45, 7) is 0. The van der Waals surface area contributed by atoms with Crippen LogP contribution in [0, 0.1) is 0 Å². The van der Waals surface area contributed by atoms with Crippen LogP contribution in [0.15, 0.2) is 66.7 Å². The van der Waals surface area contributed by atoms with Gasteiger partial charge < -0.3 is 9.47 Å². The van der Waals surface area contributed by atoms with Crippen molar-refractivity contribution in [1.29, 1.82) is 0 Å². The number of cyclic esters (lactones) is 1. The molecular weight excluding hydrogens is 403 g/mol. The van der Waals surface area contributed by atoms with E-state index in [4.69, 9.17) is 9.47 Å². The number of carbonyl (C=O) groups is 1. The van der Waals surface area contributed by atoms with Crippen molar-refractivity contribution >= 4 is 39.5 Å². The van der Waals surface area contributed by atoms with Crippen molar-refractivity contribution < 1.29 is 14.3 Å². The fraction of sp³-hybridized carbons (Fsp3) is 0.105. The molecule has 0 spiro atoms. The molecule has 0 radical (unpaired) electrons. The number of carbonyl (C=O) groups excluding carboxylic acids is 1. The van der Waals surface area contributed by atoms with Gasteiger partial charge in [-0.25, -0.2) is 4.79 Å². The van der Waals surface area contributed by atoms with Gasteiger partial charge in [0.1, 0.15) is 5.75 Å². The maximum absolute atomic E-state index is 12.1. The van der Waals surface area contributed by atoms with E-state index in [0.29, 0.717) is 10.2 Å². The van der Waals surface area contributed by atoms with Gasteiger partial charge in [-0.3, -0.25) is 0 Å². The third-order valence-electron chi connectivity index (χ3n) is 4.16. The predicted octanol–water partition coefficient (Wildman–Crippen LogP) is 5.05. The standard InChI is InChI=1S/C19H13IO3/c20-12-19(15-8-2-1-3-9-15)16-10-13-6-4-5-7-14(13)11-17(16)22-18(21)23-19/h1-11H,12H2. The highest BCUT2D eigenvalue weighted by Gasteiger charge is 2.44. The minimum atomic E-state index is -0.823. The molecule has 4 rings (SSSR count). The van der Waals surface area contributed by atoms with Crippen molar-refractivity contribution in [2.45, 2.75) is 5.60 Å². The number of fused-ring (bicyclic) bond motifs is 2. The van der Waals surface area contributed by atoms with Crippen LogP contribution < -0.4 is 4.74 Å². The minimum absolute atomic E-state index is 0.570. The molecule has 0 amide bonds. The van der Waals surface area contributed by atoms with E-state index in [1.54, 1.807) is 0 Å². The van der Waals surface area contributed by atoms with Gasteiger partial charge in [0.25, 0.3) is 0 Å². The van der Waals surface area contributed by atoms with E-state index in [9.17, 15) is 4.79 Å². The van der Waals surface area contributed by atoms with Crippen molar-refractivity contribution in [3.8, 4) is 5.75 Å². The first-order valence-corrected chi connectivity index (χ1v) is 8.81. The molecule has 3 aromatic carbocycles. The Morgan fingerprint density at radius 3 is 2.26 bits per heavy atom. The lowest BCUT2D eigenvalue weighted by Crippen LogP contribution is -2.40. The summed E-state index contributed by atoms with van der Waals surface area (Å²) in [7, 11) is 0. The molecule has 0 saturated carbocycles. The van der Waals surface area contributed by atoms with Gasteiger partial charge in [0, 0.05) is 15.6 Å². The predicted molar refractivity (Wildman–Crippen MR) is 97.2 cm³/mol. The largest absolute Gasteiger partial charge is 0.515 e. The molecule has 0 N–H and O–H groups in total. The van der Waals surface area contributed by atoms with Crippen molar-refractivity contribution in [3.05, 3.63) is 77.9 Å². The molecule has 0 saturated heterocycles. The summed E-state index contributed by atoms with van der Waals surface area (Å²) in [4.78, 5) is 12.1. The van der Waals surface area contributed by atoms with Crippen LogP contribution in [-0.4, -0.2) is 10.6 Å². The van der Waals surface area contributed by atoms with E-state index in [0.717, 1.165) is 21.9 Å². The average molecular weight is 416 g/mol. The highest BCUT2D eigenvalue weighted by Crippen LogP contribution is 2.45. The van der Waals surface area contributed by atoms with Crippen molar-refractivity contribution in [1.82, 2.24) is 0 Å². The number of halogens is 1. The molecule has 114 valence electrons. The van der Waals surface area contributed by atoms with Crippen molar-refractivity contribution in [2.24, 2.45) is 0 Å². The molecular formula is C19H13IO3. The SMILES string of the molecule is O=C1Oc2cc3ccccc3cc2C(CI)(c2ccccc2)O1. The second kappa shape index (κ2) is 5.53. The molecule has 1 aliphatic rings. The van der Waals surface area contributed by atoms with Gasteiger partial charge in [-0.05, 0) is 22.9 Å². The minimum Gasteiger partial charge on any atom is -0.417 e. The van der Waals surface area contributed by atoms with Crippen LogP contribution in [0.5, 0.6) is 5.75 Å². The fourth-order valence-electron chi connectivity index (χ4n) is 3.03. The van der Waals surface area contributed by atoms with E-state index in [1.165, 1.54) is 0 Å². The molecule has 1 heterocycles. The fourth-order valence-corrected chi connectivity index (χ4v) is 4.03. The molecule has 0 fully saturated rings. The Morgan fingerprint density at radius 2 is 1.57 bits per heavy atom. The van der Waals surface area contributed by atoms with Gasteiger partial charge in [0.15, 0.2) is 5.60 Å². The lowest BCUT2D eigenvalue weighted by Gasteiger charge is -2.36. The third-order valence-corrected chi connectivity index (χ3v) is 5.24. The normalized spacial score (nSPS) is 19.8. The summed E-state index contributed by atoms with van der Waals surface area (Å²) < 4.78 is 11.7. The molecule has 3 nitrogen and oxygen atoms in total. The molecule has 3 aromatic rings. The van der Waals surface area contributed by atoms with Crippen LogP contribution in [0.3, 0.4) is 0 Å². The Labute approximate surface area is 147 Å². The number of benzene rings is 3. The van der Waals surface area contributed by atoms with E-state index < -0.39 is 11.8 Å². The van der Waals surface area contributed by atoms with E-state index in [-0.39, 0.29) is 0 Å². The summed E-state index contributed by atoms with van der Waals surface area (Å²) in [5, 5.41) is 2.13. The lowest BCUT2D eigenvalue weighted by atomic mass is 9.85. The maximum Gasteiger partial charge on any atom is 0.515 e. The summed E-state index contributed by atoms with van der Waals surface area (Å²) in [5.74, 6) is 0.570. The smallest absolute Gasteiger partial charge is 0.417 e. The Balaban J connectivity index is 2.03. The van der Waals surface area contributed by atoms with Gasteiger partial charge in [0.05, 0.1) is 0 Å². The van der Waals surface area contributed by atoms with Crippen LogP contribution >= 0.6 is 22.6 Å². The van der Waals surface area contributed by atoms with Gasteiger partial charge in [0.2, 0.25) is 0 Å². The van der Waals surface area contributed by atoms with Gasteiger partial charge in [-0.2, -0.15) is 0 Å². The lowest BCUT2D eigenvalue weighted by molar-refractivity contribution is 0.00696. The highest BCUT2D eigenvalue weighted by molar-refractivity contribution is 14.1. The third kappa shape index (κ3) is 2.28. The number of ether oxygens (including phenoxy) is 2. The topological polar surface area (TPSA) is 35.5 Å². The molecule has 1 atom stereocenters. The summed E-state index contributed by atoms with van der Waals surface area (Å²) >= 11 is 2.26. The van der Waals surface area contributed by atoms with Gasteiger partial charge in [-0.15, -0.1) is 0 Å². The second-order valence-electron chi connectivity index (χ2n) is 5.48. The van der Waals surface area contributed by atoms with Crippen molar-refractivity contribution in [2.75, 3.05) is 4.43 Å². The zero-order valence-electron chi connectivity index (χ0n) is 12.2. The molecule has 23 heavy (non-hydrogen) atoms. The number of rotatable bonds is 2. The quantitative estimate of drug-likeness (QED) is 0.254. The average Bonchev–Trinajstić information content (AvgIpc) is 2.60. The van der Waals surface area contributed by atoms with Crippen molar-refractivity contribution in [3.63, 3.8) is 0 Å². The first-order valence-electron chi connectivity index (χ1n) is 7.28. The Kier molecular flexibility index (Phi) is 3.49. The van der Waals surface area contributed by atoms with Crippen LogP contribution in [0.25, 0.3) is 10.8 Å². The first kappa shape index (κ1) is 14.5. The first-order chi connectivity index (χ1) is 11.2. The van der Waals surface area contributed by atoms with E-state index in [2.05, 4.69) is 34.7 Å². The number of hydrogen-bond donors (Lipinski definition) is 0. The van der Waals surface area contributed by atoms with Crippen LogP contribution in [-0.2, 0) is 10.3 Å². The van der Waals surface area contributed by atoms with E-state index in [1.807, 2.05) is 54.6 Å². The second-order valence-corrected chi connectivity index (χ2v) is 6.24. The molecule has 0 aliphatic carbocycles. The van der Waals surface area contributed by atoms with E-state index >= 15 is 0 Å². The number of hydrogen-bond acceptors (Lipinski definition) is 3. The zero-order valence-corrected chi connectivity index (χ0v) is 14.3. The van der Waals surface area contributed by atoms with Crippen LogP contribution in [0.1, 0.15) is 11.1 Å². The van der Waals surface area contributed by atoms with Crippen LogP contribution in [0.4, 0.5) is 4.79 Å². The highest BCUT2D eigenvalue weighted by atomic mass is 127. The molecule has 1 aliphatic heterocycles. The summed E-state index contributed by atoms with van der Waals surface area (Å²) in [5.41, 5.74) is 1.01. The summed E-state index contributed by atoms with van der Waals surface area (Å²) in [6.07, 6.45) is -0.659. The van der Waals surface area contributed by atoms with Gasteiger partial charge in [-0.1, -0.05) is 77.2 Å². The zero-order chi connectivity index (χ0) is 15.9. The Morgan fingerprint density at radius 1 is 0.913 bits per heavy atom. The molecule has 4 heteroatoms.